The van der Waals surface area contributed by atoms with Crippen molar-refractivity contribution in [3.63, 3.8) is 0 Å². The van der Waals surface area contributed by atoms with Crippen molar-refractivity contribution in [1.82, 2.24) is 9.97 Å². The Balaban J connectivity index is 1.90. The molecule has 2 aromatic rings. The minimum atomic E-state index is 0.441. The van der Waals surface area contributed by atoms with E-state index in [1.54, 1.807) is 0 Å². The van der Waals surface area contributed by atoms with E-state index in [1.165, 1.54) is 24.1 Å². The molecule has 1 atom stereocenters. The summed E-state index contributed by atoms with van der Waals surface area (Å²) >= 11 is 0. The number of nitrogens with zero attached hydrogens (tertiary/aromatic N) is 3. The highest BCUT2D eigenvalue weighted by molar-refractivity contribution is 5.50. The van der Waals surface area contributed by atoms with Gasteiger partial charge in [0, 0.05) is 37.4 Å². The zero-order valence-electron chi connectivity index (χ0n) is 10.9. The summed E-state index contributed by atoms with van der Waals surface area (Å²) in [6.07, 6.45) is 7.98. The highest BCUT2D eigenvalue weighted by Gasteiger charge is 2.26. The molecule has 0 aliphatic carbocycles. The fraction of sp³-hybridized carbons (Fsp3) is 0.333. The Hall–Kier alpha value is -1.94. The molecular weight excluding hydrogens is 236 g/mol. The number of hydrogen-bond donors (Lipinski definition) is 1. The molecule has 1 aliphatic heterocycles. The van der Waals surface area contributed by atoms with E-state index in [0.717, 1.165) is 12.2 Å². The molecule has 2 aromatic heterocycles. The van der Waals surface area contributed by atoms with Gasteiger partial charge in [0.2, 0.25) is 0 Å². The maximum Gasteiger partial charge on any atom is 0.0560 e. The highest BCUT2D eigenvalue weighted by Crippen LogP contribution is 2.35. The summed E-state index contributed by atoms with van der Waals surface area (Å²) in [5, 5.41) is 0. The molecule has 98 valence electrons. The van der Waals surface area contributed by atoms with Gasteiger partial charge in [0.05, 0.1) is 11.7 Å². The molecule has 4 nitrogen and oxygen atoms in total. The number of pyridine rings is 2. The van der Waals surface area contributed by atoms with Crippen LogP contribution in [-0.2, 0) is 6.54 Å². The van der Waals surface area contributed by atoms with Crippen LogP contribution in [0.25, 0.3) is 0 Å². The minimum Gasteiger partial charge on any atom is -0.364 e. The maximum absolute atomic E-state index is 5.67. The number of aromatic nitrogens is 2. The van der Waals surface area contributed by atoms with Gasteiger partial charge in [-0.25, -0.2) is 0 Å². The van der Waals surface area contributed by atoms with Gasteiger partial charge >= 0.3 is 0 Å². The summed E-state index contributed by atoms with van der Waals surface area (Å²) in [5.74, 6) is 0. The maximum atomic E-state index is 5.67. The molecule has 1 saturated heterocycles. The van der Waals surface area contributed by atoms with Crippen molar-refractivity contribution in [1.29, 1.82) is 0 Å². The summed E-state index contributed by atoms with van der Waals surface area (Å²) in [4.78, 5) is 10.8. The molecule has 0 saturated carbocycles. The molecule has 1 aliphatic rings. The van der Waals surface area contributed by atoms with Gasteiger partial charge in [0.25, 0.3) is 0 Å². The molecule has 3 heterocycles. The summed E-state index contributed by atoms with van der Waals surface area (Å²) in [6.45, 7) is 1.57. The van der Waals surface area contributed by atoms with Gasteiger partial charge in [0.1, 0.15) is 0 Å². The van der Waals surface area contributed by atoms with Gasteiger partial charge in [-0.2, -0.15) is 0 Å². The van der Waals surface area contributed by atoms with Crippen LogP contribution >= 0.6 is 0 Å². The number of anilines is 1. The lowest BCUT2D eigenvalue weighted by Gasteiger charge is -2.27. The summed E-state index contributed by atoms with van der Waals surface area (Å²) < 4.78 is 0. The molecule has 3 rings (SSSR count). The summed E-state index contributed by atoms with van der Waals surface area (Å²) in [7, 11) is 0. The van der Waals surface area contributed by atoms with E-state index in [9.17, 15) is 0 Å². The normalized spacial score (nSPS) is 18.8. The Morgan fingerprint density at radius 1 is 1.21 bits per heavy atom. The van der Waals surface area contributed by atoms with Gasteiger partial charge in [-0.1, -0.05) is 0 Å². The van der Waals surface area contributed by atoms with Crippen molar-refractivity contribution in [2.24, 2.45) is 5.73 Å². The van der Waals surface area contributed by atoms with Crippen LogP contribution in [0, 0.1) is 0 Å². The second-order valence-electron chi connectivity index (χ2n) is 4.84. The predicted octanol–water partition coefficient (Wildman–Crippen LogP) is 2.28. The van der Waals surface area contributed by atoms with E-state index < -0.39 is 0 Å². The lowest BCUT2D eigenvalue weighted by Crippen LogP contribution is -2.22. The molecule has 1 unspecified atom stereocenters. The number of hydrogen-bond acceptors (Lipinski definition) is 4. The molecule has 0 spiro atoms. The first-order valence-electron chi connectivity index (χ1n) is 6.70. The number of rotatable bonds is 3. The van der Waals surface area contributed by atoms with Crippen LogP contribution in [0.1, 0.15) is 30.1 Å². The van der Waals surface area contributed by atoms with Crippen molar-refractivity contribution in [3.8, 4) is 0 Å². The Labute approximate surface area is 113 Å². The van der Waals surface area contributed by atoms with E-state index >= 15 is 0 Å². The van der Waals surface area contributed by atoms with Crippen molar-refractivity contribution >= 4 is 5.69 Å². The molecule has 0 radical (unpaired) electrons. The zero-order valence-corrected chi connectivity index (χ0v) is 10.9. The van der Waals surface area contributed by atoms with Crippen LogP contribution in [-0.4, -0.2) is 16.5 Å². The van der Waals surface area contributed by atoms with Crippen LogP contribution in [0.4, 0.5) is 5.69 Å². The van der Waals surface area contributed by atoms with Gasteiger partial charge in [-0.15, -0.1) is 0 Å². The second kappa shape index (κ2) is 5.36. The highest BCUT2D eigenvalue weighted by atomic mass is 15.2. The molecule has 19 heavy (non-hydrogen) atoms. The van der Waals surface area contributed by atoms with Crippen LogP contribution < -0.4 is 10.6 Å². The lowest BCUT2D eigenvalue weighted by atomic mass is 10.1. The van der Waals surface area contributed by atoms with Crippen LogP contribution in [0.3, 0.4) is 0 Å². The van der Waals surface area contributed by atoms with Crippen LogP contribution in [0.2, 0.25) is 0 Å². The molecule has 0 bridgehead atoms. The van der Waals surface area contributed by atoms with Crippen molar-refractivity contribution in [2.45, 2.75) is 25.4 Å². The van der Waals surface area contributed by atoms with Crippen LogP contribution in [0.15, 0.2) is 42.9 Å². The minimum absolute atomic E-state index is 0.441. The quantitative estimate of drug-likeness (QED) is 0.913. The second-order valence-corrected chi connectivity index (χ2v) is 4.84. The fourth-order valence-corrected chi connectivity index (χ4v) is 2.76. The average molecular weight is 254 g/mol. The van der Waals surface area contributed by atoms with Crippen molar-refractivity contribution < 1.29 is 0 Å². The van der Waals surface area contributed by atoms with Gasteiger partial charge < -0.3 is 10.6 Å². The van der Waals surface area contributed by atoms with E-state index in [2.05, 4.69) is 39.1 Å². The van der Waals surface area contributed by atoms with Gasteiger partial charge in [-0.05, 0) is 42.7 Å². The van der Waals surface area contributed by atoms with E-state index in [4.69, 9.17) is 5.73 Å². The number of nitrogens with two attached hydrogens (primary N) is 1. The fourth-order valence-electron chi connectivity index (χ4n) is 2.76. The third-order valence-corrected chi connectivity index (χ3v) is 3.68. The molecule has 0 aromatic carbocycles. The van der Waals surface area contributed by atoms with E-state index in [-0.39, 0.29) is 0 Å². The predicted molar refractivity (Wildman–Crippen MR) is 75.7 cm³/mol. The molecular formula is C15H18N4. The summed E-state index contributed by atoms with van der Waals surface area (Å²) in [6, 6.07) is 8.82. The Morgan fingerprint density at radius 2 is 2.05 bits per heavy atom. The van der Waals surface area contributed by atoms with Crippen molar-refractivity contribution in [3.05, 3.63) is 54.1 Å². The Bertz CT molecular complexity index is 541. The Kier molecular flexibility index (Phi) is 3.42. The molecule has 1 fully saturated rings. The topological polar surface area (TPSA) is 55.0 Å². The van der Waals surface area contributed by atoms with E-state index in [0.29, 0.717) is 12.6 Å². The Morgan fingerprint density at radius 3 is 2.84 bits per heavy atom. The monoisotopic (exact) mass is 254 g/mol. The smallest absolute Gasteiger partial charge is 0.0560 e. The van der Waals surface area contributed by atoms with E-state index in [1.807, 2.05) is 18.6 Å². The zero-order chi connectivity index (χ0) is 13.1. The van der Waals surface area contributed by atoms with Crippen molar-refractivity contribution in [2.75, 3.05) is 11.4 Å². The molecule has 2 N–H and O–H groups in total. The summed E-state index contributed by atoms with van der Waals surface area (Å²) in [5.41, 5.74) is 9.17. The van der Waals surface area contributed by atoms with Gasteiger partial charge in [-0.3, -0.25) is 9.97 Å². The third-order valence-electron chi connectivity index (χ3n) is 3.68. The van der Waals surface area contributed by atoms with Gasteiger partial charge in [0.15, 0.2) is 0 Å². The first-order chi connectivity index (χ1) is 9.38. The third kappa shape index (κ3) is 2.44. The molecule has 4 heteroatoms. The first kappa shape index (κ1) is 12.1. The standard InChI is InChI=1S/C15H18N4/c16-11-13-10-14(5-8-18-13)19-9-1-2-15(19)12-3-6-17-7-4-12/h3-8,10,15H,1-2,9,11,16H2. The van der Waals surface area contributed by atoms with Crippen LogP contribution in [0.5, 0.6) is 0 Å². The lowest BCUT2D eigenvalue weighted by molar-refractivity contribution is 0.716. The first-order valence-corrected chi connectivity index (χ1v) is 6.70. The molecule has 0 amide bonds. The largest absolute Gasteiger partial charge is 0.364 e. The average Bonchev–Trinajstić information content (AvgIpc) is 2.98. The SMILES string of the molecule is NCc1cc(N2CCCC2c2ccncc2)ccn1.